The zero-order valence-electron chi connectivity index (χ0n) is 14.5. The second-order valence-corrected chi connectivity index (χ2v) is 6.44. The number of carbonyl (C=O) groups excluding carboxylic acids is 1. The van der Waals surface area contributed by atoms with E-state index in [2.05, 4.69) is 10.1 Å². The van der Waals surface area contributed by atoms with E-state index >= 15 is 0 Å². The fraction of sp³-hybridized carbons (Fsp3) is 0.444. The normalized spacial score (nSPS) is 15.5. The second kappa shape index (κ2) is 7.05. The van der Waals surface area contributed by atoms with Crippen LogP contribution in [0.1, 0.15) is 21.8 Å². The first-order valence-corrected chi connectivity index (χ1v) is 8.24. The van der Waals surface area contributed by atoms with E-state index in [9.17, 15) is 4.79 Å². The SMILES string of the molecule is Cc1cc(CN2CCN(C(=O)c3cccc(N(C)C)c3)CC2)no1. The molecule has 1 fully saturated rings. The van der Waals surface area contributed by atoms with Crippen molar-refractivity contribution in [2.75, 3.05) is 45.2 Å². The molecule has 1 amide bonds. The Balaban J connectivity index is 1.58. The first kappa shape index (κ1) is 16.5. The summed E-state index contributed by atoms with van der Waals surface area (Å²) in [6.07, 6.45) is 0. The average Bonchev–Trinajstić information content (AvgIpc) is 3.00. The Bertz CT molecular complexity index is 703. The van der Waals surface area contributed by atoms with Crippen LogP contribution in [0.2, 0.25) is 0 Å². The van der Waals surface area contributed by atoms with Crippen molar-refractivity contribution in [3.63, 3.8) is 0 Å². The Kier molecular flexibility index (Phi) is 4.85. The Morgan fingerprint density at radius 2 is 1.96 bits per heavy atom. The average molecular weight is 328 g/mol. The lowest BCUT2D eigenvalue weighted by Crippen LogP contribution is -2.48. The molecule has 24 heavy (non-hydrogen) atoms. The number of aryl methyl sites for hydroxylation is 1. The molecule has 0 unspecified atom stereocenters. The molecular formula is C18H24N4O2. The van der Waals surface area contributed by atoms with Crippen LogP contribution in [-0.2, 0) is 6.54 Å². The van der Waals surface area contributed by atoms with E-state index in [1.165, 1.54) is 0 Å². The van der Waals surface area contributed by atoms with Crippen LogP contribution < -0.4 is 4.90 Å². The van der Waals surface area contributed by atoms with Gasteiger partial charge in [-0.15, -0.1) is 0 Å². The number of anilines is 1. The molecule has 0 N–H and O–H groups in total. The lowest BCUT2D eigenvalue weighted by Gasteiger charge is -2.34. The summed E-state index contributed by atoms with van der Waals surface area (Å²) in [5.74, 6) is 0.940. The van der Waals surface area contributed by atoms with E-state index in [4.69, 9.17) is 4.52 Å². The summed E-state index contributed by atoms with van der Waals surface area (Å²) in [6.45, 7) is 5.85. The molecule has 3 rings (SSSR count). The maximum Gasteiger partial charge on any atom is 0.254 e. The monoisotopic (exact) mass is 328 g/mol. The second-order valence-electron chi connectivity index (χ2n) is 6.44. The Hall–Kier alpha value is -2.34. The van der Waals surface area contributed by atoms with Gasteiger partial charge >= 0.3 is 0 Å². The highest BCUT2D eigenvalue weighted by Crippen LogP contribution is 2.16. The quantitative estimate of drug-likeness (QED) is 0.859. The number of benzene rings is 1. The molecule has 0 atom stereocenters. The number of aromatic nitrogens is 1. The molecule has 2 aromatic rings. The molecule has 0 saturated carbocycles. The molecule has 1 aromatic carbocycles. The molecule has 1 aliphatic rings. The molecule has 0 aliphatic carbocycles. The Morgan fingerprint density at radius 1 is 1.21 bits per heavy atom. The van der Waals surface area contributed by atoms with E-state index in [1.54, 1.807) is 0 Å². The first-order valence-electron chi connectivity index (χ1n) is 8.24. The van der Waals surface area contributed by atoms with Gasteiger partial charge in [-0.05, 0) is 25.1 Å². The van der Waals surface area contributed by atoms with Gasteiger partial charge in [0.1, 0.15) is 5.76 Å². The molecule has 1 saturated heterocycles. The van der Waals surface area contributed by atoms with Crippen molar-refractivity contribution < 1.29 is 9.32 Å². The van der Waals surface area contributed by atoms with Crippen LogP contribution in [0.25, 0.3) is 0 Å². The first-order chi connectivity index (χ1) is 11.5. The molecule has 0 radical (unpaired) electrons. The molecule has 2 heterocycles. The lowest BCUT2D eigenvalue weighted by atomic mass is 10.1. The highest BCUT2D eigenvalue weighted by Gasteiger charge is 2.23. The fourth-order valence-electron chi connectivity index (χ4n) is 2.93. The summed E-state index contributed by atoms with van der Waals surface area (Å²) in [5, 5.41) is 4.04. The molecule has 6 heteroatoms. The van der Waals surface area contributed by atoms with Crippen LogP contribution in [0.5, 0.6) is 0 Å². The summed E-state index contributed by atoms with van der Waals surface area (Å²) >= 11 is 0. The van der Waals surface area contributed by atoms with Gasteiger partial charge in [0.15, 0.2) is 0 Å². The van der Waals surface area contributed by atoms with Crippen molar-refractivity contribution in [1.82, 2.24) is 15.0 Å². The van der Waals surface area contributed by atoms with Gasteiger partial charge in [0.05, 0.1) is 5.69 Å². The maximum atomic E-state index is 12.7. The summed E-state index contributed by atoms with van der Waals surface area (Å²) in [6, 6.07) is 9.75. The Labute approximate surface area is 142 Å². The molecule has 6 nitrogen and oxygen atoms in total. The fourth-order valence-corrected chi connectivity index (χ4v) is 2.93. The molecule has 1 aromatic heterocycles. The van der Waals surface area contributed by atoms with Crippen LogP contribution in [0.4, 0.5) is 5.69 Å². The van der Waals surface area contributed by atoms with Gasteiger partial charge in [0, 0.05) is 64.1 Å². The van der Waals surface area contributed by atoms with Crippen molar-refractivity contribution in [3.8, 4) is 0 Å². The van der Waals surface area contributed by atoms with Crippen LogP contribution in [-0.4, -0.2) is 61.1 Å². The largest absolute Gasteiger partial charge is 0.378 e. The predicted octanol–water partition coefficient (Wildman–Crippen LogP) is 2.01. The number of hydrogen-bond donors (Lipinski definition) is 0. The number of rotatable bonds is 4. The van der Waals surface area contributed by atoms with E-state index < -0.39 is 0 Å². The highest BCUT2D eigenvalue weighted by molar-refractivity contribution is 5.95. The van der Waals surface area contributed by atoms with E-state index in [1.807, 2.05) is 61.2 Å². The van der Waals surface area contributed by atoms with Crippen LogP contribution in [0.15, 0.2) is 34.9 Å². The molecule has 0 bridgehead atoms. The molecule has 1 aliphatic heterocycles. The van der Waals surface area contributed by atoms with Gasteiger partial charge in [0.2, 0.25) is 0 Å². The highest BCUT2D eigenvalue weighted by atomic mass is 16.5. The third-order valence-electron chi connectivity index (χ3n) is 4.33. The smallest absolute Gasteiger partial charge is 0.254 e. The van der Waals surface area contributed by atoms with Crippen LogP contribution in [0.3, 0.4) is 0 Å². The van der Waals surface area contributed by atoms with Crippen molar-refractivity contribution in [2.45, 2.75) is 13.5 Å². The zero-order valence-corrected chi connectivity index (χ0v) is 14.5. The minimum atomic E-state index is 0.107. The molecule has 128 valence electrons. The third kappa shape index (κ3) is 3.76. The van der Waals surface area contributed by atoms with Crippen LogP contribution in [0, 0.1) is 6.92 Å². The maximum absolute atomic E-state index is 12.7. The summed E-state index contributed by atoms with van der Waals surface area (Å²) in [7, 11) is 3.96. The van der Waals surface area contributed by atoms with Gasteiger partial charge in [-0.25, -0.2) is 0 Å². The summed E-state index contributed by atoms with van der Waals surface area (Å²) < 4.78 is 5.11. The van der Waals surface area contributed by atoms with Gasteiger partial charge in [-0.2, -0.15) is 0 Å². The topological polar surface area (TPSA) is 52.8 Å². The van der Waals surface area contributed by atoms with Gasteiger partial charge in [-0.1, -0.05) is 11.2 Å². The van der Waals surface area contributed by atoms with Gasteiger partial charge in [-0.3, -0.25) is 9.69 Å². The van der Waals surface area contributed by atoms with E-state index in [0.717, 1.165) is 55.4 Å². The van der Waals surface area contributed by atoms with Crippen molar-refractivity contribution >= 4 is 11.6 Å². The zero-order chi connectivity index (χ0) is 17.1. The van der Waals surface area contributed by atoms with E-state index in [-0.39, 0.29) is 5.91 Å². The summed E-state index contributed by atoms with van der Waals surface area (Å²) in [4.78, 5) is 18.9. The summed E-state index contributed by atoms with van der Waals surface area (Å²) in [5.41, 5.74) is 2.74. The lowest BCUT2D eigenvalue weighted by molar-refractivity contribution is 0.0625. The minimum Gasteiger partial charge on any atom is -0.378 e. The van der Waals surface area contributed by atoms with Gasteiger partial charge < -0.3 is 14.3 Å². The predicted molar refractivity (Wildman–Crippen MR) is 93.2 cm³/mol. The van der Waals surface area contributed by atoms with Crippen LogP contribution >= 0.6 is 0 Å². The minimum absolute atomic E-state index is 0.107. The molecular weight excluding hydrogens is 304 g/mol. The molecule has 0 spiro atoms. The van der Waals surface area contributed by atoms with Crippen molar-refractivity contribution in [2.24, 2.45) is 0 Å². The standard InChI is InChI=1S/C18H24N4O2/c1-14-11-16(19-24-14)13-21-7-9-22(10-8-21)18(23)15-5-4-6-17(12-15)20(2)3/h4-6,11-12H,7-10,13H2,1-3H3. The van der Waals surface area contributed by atoms with E-state index in [0.29, 0.717) is 0 Å². The number of amides is 1. The van der Waals surface area contributed by atoms with Gasteiger partial charge in [0.25, 0.3) is 5.91 Å². The number of piperazine rings is 1. The van der Waals surface area contributed by atoms with Crippen molar-refractivity contribution in [3.05, 3.63) is 47.3 Å². The number of carbonyl (C=O) groups is 1. The number of nitrogens with zero attached hydrogens (tertiary/aromatic N) is 4. The third-order valence-corrected chi connectivity index (χ3v) is 4.33. The Morgan fingerprint density at radius 3 is 2.58 bits per heavy atom. The van der Waals surface area contributed by atoms with Crippen molar-refractivity contribution in [1.29, 1.82) is 0 Å². The number of hydrogen-bond acceptors (Lipinski definition) is 5.